The molecule has 0 bridgehead atoms. The largest absolute Gasteiger partial charge is 0.378 e. The average Bonchev–Trinajstić information content (AvgIpc) is 2.88. The number of fused-ring (bicyclic) bond motifs is 1. The Morgan fingerprint density at radius 3 is 2.88 bits per heavy atom. The quantitative estimate of drug-likeness (QED) is 0.767. The number of hydrogen-bond donors (Lipinski definition) is 1. The fourth-order valence-corrected chi connectivity index (χ4v) is 2.27. The van der Waals surface area contributed by atoms with E-state index in [-0.39, 0.29) is 0 Å². The Hall–Kier alpha value is -1.95. The molecule has 3 aromatic rings. The molecule has 3 rings (SSSR count). The van der Waals surface area contributed by atoms with E-state index in [0.717, 1.165) is 15.7 Å². The number of nitrogens with zero attached hydrogens (tertiary/aromatic N) is 4. The highest BCUT2D eigenvalue weighted by molar-refractivity contribution is 7.16. The zero-order chi connectivity index (χ0) is 11.7. The van der Waals surface area contributed by atoms with Crippen molar-refractivity contribution < 1.29 is 0 Å². The highest BCUT2D eigenvalue weighted by atomic mass is 32.1. The van der Waals surface area contributed by atoms with Crippen LogP contribution in [0.4, 0.5) is 5.69 Å². The van der Waals surface area contributed by atoms with Crippen molar-refractivity contribution in [2.24, 2.45) is 0 Å². The maximum atomic E-state index is 4.35. The number of aryl methyl sites for hydroxylation is 1. The second-order valence-electron chi connectivity index (χ2n) is 3.77. The summed E-state index contributed by atoms with van der Waals surface area (Å²) in [6.07, 6.45) is 1.61. The molecule has 5 nitrogen and oxygen atoms in total. The van der Waals surface area contributed by atoms with Gasteiger partial charge >= 0.3 is 0 Å². The molecule has 86 valence electrons. The highest BCUT2D eigenvalue weighted by Crippen LogP contribution is 2.14. The van der Waals surface area contributed by atoms with Gasteiger partial charge in [0.15, 0.2) is 0 Å². The smallest absolute Gasteiger partial charge is 0.234 e. The van der Waals surface area contributed by atoms with Gasteiger partial charge in [0.2, 0.25) is 4.96 Å². The van der Waals surface area contributed by atoms with Gasteiger partial charge in [-0.3, -0.25) is 0 Å². The molecule has 0 fully saturated rings. The maximum absolute atomic E-state index is 4.35. The lowest BCUT2D eigenvalue weighted by molar-refractivity contribution is 0.903. The maximum Gasteiger partial charge on any atom is 0.234 e. The molecule has 0 aliphatic rings. The van der Waals surface area contributed by atoms with E-state index in [2.05, 4.69) is 51.8 Å². The van der Waals surface area contributed by atoms with Gasteiger partial charge in [-0.15, -0.1) is 10.2 Å². The van der Waals surface area contributed by atoms with Gasteiger partial charge in [-0.05, 0) is 19.1 Å². The van der Waals surface area contributed by atoms with Crippen LogP contribution in [-0.2, 0) is 6.54 Å². The summed E-state index contributed by atoms with van der Waals surface area (Å²) in [5.74, 6) is 0. The zero-order valence-electron chi connectivity index (χ0n) is 9.29. The third kappa shape index (κ3) is 2.12. The number of rotatable bonds is 3. The molecule has 0 atom stereocenters. The molecule has 6 heteroatoms. The van der Waals surface area contributed by atoms with Crippen molar-refractivity contribution >= 4 is 22.0 Å². The second kappa shape index (κ2) is 4.14. The standard InChI is InChI=1S/C11H11N5S/c1-8-2-4-9(5-3-8)12-6-10-15-16-7-13-14-11(16)17-10/h2-5,7,12H,6H2,1H3. The van der Waals surface area contributed by atoms with E-state index >= 15 is 0 Å². The van der Waals surface area contributed by atoms with Crippen LogP contribution in [0.15, 0.2) is 30.6 Å². The fraction of sp³-hybridized carbons (Fsp3) is 0.182. The summed E-state index contributed by atoms with van der Waals surface area (Å²) in [5.41, 5.74) is 2.36. The molecule has 0 unspecified atom stereocenters. The van der Waals surface area contributed by atoms with Crippen molar-refractivity contribution in [1.82, 2.24) is 19.8 Å². The van der Waals surface area contributed by atoms with Crippen LogP contribution in [0.1, 0.15) is 10.6 Å². The molecule has 0 saturated heterocycles. The third-order valence-corrected chi connectivity index (χ3v) is 3.34. The molecule has 17 heavy (non-hydrogen) atoms. The van der Waals surface area contributed by atoms with E-state index in [1.165, 1.54) is 5.56 Å². The Bertz CT molecular complexity index is 596. The highest BCUT2D eigenvalue weighted by Gasteiger charge is 2.04. The normalized spacial score (nSPS) is 10.9. The lowest BCUT2D eigenvalue weighted by Gasteiger charge is -2.03. The Morgan fingerprint density at radius 1 is 1.29 bits per heavy atom. The van der Waals surface area contributed by atoms with Crippen LogP contribution in [0.5, 0.6) is 0 Å². The van der Waals surface area contributed by atoms with Gasteiger partial charge in [-0.2, -0.15) is 9.61 Å². The predicted molar refractivity (Wildman–Crippen MR) is 67.2 cm³/mol. The summed E-state index contributed by atoms with van der Waals surface area (Å²) in [7, 11) is 0. The van der Waals surface area contributed by atoms with Crippen molar-refractivity contribution in [2.45, 2.75) is 13.5 Å². The molecule has 1 aromatic carbocycles. The van der Waals surface area contributed by atoms with Crippen LogP contribution >= 0.6 is 11.3 Å². The molecule has 0 aliphatic carbocycles. The van der Waals surface area contributed by atoms with Gasteiger partial charge in [0.1, 0.15) is 11.3 Å². The van der Waals surface area contributed by atoms with Crippen molar-refractivity contribution in [2.75, 3.05) is 5.32 Å². The molecule has 0 amide bonds. The number of anilines is 1. The van der Waals surface area contributed by atoms with E-state index in [4.69, 9.17) is 0 Å². The molecule has 2 heterocycles. The lowest BCUT2D eigenvalue weighted by atomic mass is 10.2. The molecular weight excluding hydrogens is 234 g/mol. The first-order valence-electron chi connectivity index (χ1n) is 5.27. The Morgan fingerprint density at radius 2 is 2.12 bits per heavy atom. The topological polar surface area (TPSA) is 55.1 Å². The van der Waals surface area contributed by atoms with E-state index in [1.54, 1.807) is 22.2 Å². The van der Waals surface area contributed by atoms with Crippen molar-refractivity contribution in [3.63, 3.8) is 0 Å². The number of benzene rings is 1. The molecule has 0 saturated carbocycles. The molecule has 1 N–H and O–H groups in total. The van der Waals surface area contributed by atoms with Crippen LogP contribution in [0, 0.1) is 6.92 Å². The van der Waals surface area contributed by atoms with Crippen LogP contribution in [0.3, 0.4) is 0 Å². The summed E-state index contributed by atoms with van der Waals surface area (Å²) in [5, 5.41) is 16.4. The van der Waals surface area contributed by atoms with Gasteiger partial charge in [-0.1, -0.05) is 29.0 Å². The molecule has 0 aliphatic heterocycles. The van der Waals surface area contributed by atoms with Crippen LogP contribution in [0.25, 0.3) is 4.96 Å². The molecule has 0 spiro atoms. The number of aromatic nitrogens is 4. The molecule has 2 aromatic heterocycles. The van der Waals surface area contributed by atoms with Crippen LogP contribution in [-0.4, -0.2) is 19.8 Å². The minimum atomic E-state index is 0.705. The number of nitrogens with one attached hydrogen (secondary N) is 1. The Kier molecular flexibility index (Phi) is 2.49. The third-order valence-electron chi connectivity index (χ3n) is 2.42. The first-order valence-corrected chi connectivity index (χ1v) is 6.09. The van der Waals surface area contributed by atoms with Gasteiger partial charge < -0.3 is 5.32 Å². The zero-order valence-corrected chi connectivity index (χ0v) is 10.1. The lowest BCUT2D eigenvalue weighted by Crippen LogP contribution is -1.99. The summed E-state index contributed by atoms with van der Waals surface area (Å²) in [6.45, 7) is 2.78. The van der Waals surface area contributed by atoms with Gasteiger partial charge in [0, 0.05) is 5.69 Å². The summed E-state index contributed by atoms with van der Waals surface area (Å²) >= 11 is 1.54. The first-order chi connectivity index (χ1) is 8.31. The predicted octanol–water partition coefficient (Wildman–Crippen LogP) is 2.11. The van der Waals surface area contributed by atoms with Crippen LogP contribution in [0.2, 0.25) is 0 Å². The fourth-order valence-electron chi connectivity index (χ4n) is 1.52. The summed E-state index contributed by atoms with van der Waals surface area (Å²) < 4.78 is 1.69. The minimum Gasteiger partial charge on any atom is -0.378 e. The molecule has 0 radical (unpaired) electrons. The van der Waals surface area contributed by atoms with Crippen molar-refractivity contribution in [3.8, 4) is 0 Å². The monoisotopic (exact) mass is 245 g/mol. The van der Waals surface area contributed by atoms with E-state index in [1.807, 2.05) is 0 Å². The first kappa shape index (κ1) is 10.2. The van der Waals surface area contributed by atoms with E-state index in [9.17, 15) is 0 Å². The van der Waals surface area contributed by atoms with Gasteiger partial charge in [0.25, 0.3) is 0 Å². The van der Waals surface area contributed by atoms with Crippen LogP contribution < -0.4 is 5.32 Å². The second-order valence-corrected chi connectivity index (χ2v) is 4.81. The summed E-state index contributed by atoms with van der Waals surface area (Å²) in [6, 6.07) is 8.30. The van der Waals surface area contributed by atoms with Gasteiger partial charge in [-0.25, -0.2) is 0 Å². The van der Waals surface area contributed by atoms with E-state index < -0.39 is 0 Å². The van der Waals surface area contributed by atoms with Gasteiger partial charge in [0.05, 0.1) is 6.54 Å². The molecular formula is C11H11N5S. The Balaban J connectivity index is 1.71. The minimum absolute atomic E-state index is 0.705. The van der Waals surface area contributed by atoms with Crippen molar-refractivity contribution in [1.29, 1.82) is 0 Å². The SMILES string of the molecule is Cc1ccc(NCc2nn3cnnc3s2)cc1. The van der Waals surface area contributed by atoms with E-state index in [0.29, 0.717) is 6.54 Å². The number of hydrogen-bond acceptors (Lipinski definition) is 5. The van der Waals surface area contributed by atoms with Crippen molar-refractivity contribution in [3.05, 3.63) is 41.2 Å². The summed E-state index contributed by atoms with van der Waals surface area (Å²) in [4.78, 5) is 0.825. The Labute approximate surface area is 102 Å². The average molecular weight is 245 g/mol.